The molecule has 206 valence electrons. The highest BCUT2D eigenvalue weighted by Gasteiger charge is 2.64. The third kappa shape index (κ3) is 5.05. The molecule has 0 bridgehead atoms. The Morgan fingerprint density at radius 1 is 0.780 bits per heavy atom. The van der Waals surface area contributed by atoms with Gasteiger partial charge in [-0.3, -0.25) is 0 Å². The van der Waals surface area contributed by atoms with Gasteiger partial charge in [-0.25, -0.2) is 0 Å². The van der Waals surface area contributed by atoms with Crippen LogP contribution in [0, 0.1) is 29.1 Å². The number of halogens is 1. The van der Waals surface area contributed by atoms with Crippen LogP contribution >= 0.6 is 15.9 Å². The standard InChI is InChI=1S/C36H34BrN2O2/c37-30-14-11-27(12-15-30)21-39(18-17-26-13-16-34-35(19-26)41-25-40-34)22-32-31(33(32)23-39)20-36(24-38,28-7-3-1-4-8-28)29-9-5-2-6-10-29/h1-16,19,31-33H,17-18,20-23,25H2/q+1. The summed E-state index contributed by atoms with van der Waals surface area (Å²) in [4.78, 5) is 0. The van der Waals surface area contributed by atoms with Crippen LogP contribution < -0.4 is 9.47 Å². The molecule has 4 aromatic carbocycles. The second kappa shape index (κ2) is 10.7. The summed E-state index contributed by atoms with van der Waals surface area (Å²) in [6.45, 7) is 4.78. The topological polar surface area (TPSA) is 42.2 Å². The molecule has 2 atom stereocenters. The number of benzene rings is 4. The number of hydrogen-bond donors (Lipinski definition) is 0. The lowest BCUT2D eigenvalue weighted by Crippen LogP contribution is -2.49. The fraction of sp³-hybridized carbons (Fsp3) is 0.306. The maximum absolute atomic E-state index is 10.7. The molecule has 4 aromatic rings. The van der Waals surface area contributed by atoms with E-state index in [0.717, 1.165) is 57.5 Å². The summed E-state index contributed by atoms with van der Waals surface area (Å²) in [5.74, 6) is 3.58. The molecule has 2 heterocycles. The highest BCUT2D eigenvalue weighted by Crippen LogP contribution is 2.60. The van der Waals surface area contributed by atoms with E-state index in [0.29, 0.717) is 24.5 Å². The molecule has 4 nitrogen and oxygen atoms in total. The van der Waals surface area contributed by atoms with Crippen LogP contribution in [0.1, 0.15) is 28.7 Å². The summed E-state index contributed by atoms with van der Waals surface area (Å²) in [6.07, 6.45) is 1.89. The number of nitriles is 1. The minimum Gasteiger partial charge on any atom is -0.454 e. The SMILES string of the molecule is N#CC(CC1C2C[N+](CCc3ccc4c(c3)OCO4)(Cc3ccc(Br)cc3)CC12)(c1ccccc1)c1ccccc1. The van der Waals surface area contributed by atoms with Crippen molar-refractivity contribution in [2.75, 3.05) is 26.4 Å². The van der Waals surface area contributed by atoms with E-state index in [1.807, 2.05) is 18.2 Å². The van der Waals surface area contributed by atoms with Gasteiger partial charge in [0.15, 0.2) is 11.5 Å². The second-order valence-electron chi connectivity index (χ2n) is 12.1. The molecular weight excluding hydrogens is 572 g/mol. The summed E-state index contributed by atoms with van der Waals surface area (Å²) >= 11 is 3.60. The first-order chi connectivity index (χ1) is 20.1. The second-order valence-corrected chi connectivity index (χ2v) is 13.0. The average molecular weight is 607 g/mol. The molecule has 1 aliphatic carbocycles. The van der Waals surface area contributed by atoms with Gasteiger partial charge in [0.25, 0.3) is 0 Å². The molecule has 0 amide bonds. The molecule has 1 saturated heterocycles. The quantitative estimate of drug-likeness (QED) is 0.185. The van der Waals surface area contributed by atoms with Crippen molar-refractivity contribution in [2.45, 2.75) is 24.8 Å². The molecule has 2 unspecified atom stereocenters. The first kappa shape index (κ1) is 26.3. The fourth-order valence-corrected chi connectivity index (χ4v) is 7.81. The normalized spacial score (nSPS) is 24.0. The van der Waals surface area contributed by atoms with E-state index in [2.05, 4.69) is 107 Å². The number of rotatable bonds is 9. The number of quaternary nitrogens is 1. The van der Waals surface area contributed by atoms with Crippen molar-refractivity contribution < 1.29 is 14.0 Å². The third-order valence-corrected chi connectivity index (χ3v) is 10.2. The summed E-state index contributed by atoms with van der Waals surface area (Å²) in [5, 5.41) is 10.7. The molecule has 0 radical (unpaired) electrons. The van der Waals surface area contributed by atoms with Crippen LogP contribution in [0.3, 0.4) is 0 Å². The lowest BCUT2D eigenvalue weighted by molar-refractivity contribution is -0.934. The predicted molar refractivity (Wildman–Crippen MR) is 163 cm³/mol. The van der Waals surface area contributed by atoms with Crippen molar-refractivity contribution in [1.82, 2.24) is 0 Å². The molecule has 1 saturated carbocycles. The molecule has 2 aliphatic heterocycles. The van der Waals surface area contributed by atoms with Gasteiger partial charge >= 0.3 is 0 Å². The van der Waals surface area contributed by atoms with E-state index in [1.165, 1.54) is 24.2 Å². The van der Waals surface area contributed by atoms with Gasteiger partial charge in [-0.15, -0.1) is 0 Å². The molecule has 7 rings (SSSR count). The van der Waals surface area contributed by atoms with Crippen LogP contribution in [0.15, 0.2) is 108 Å². The Hall–Kier alpha value is -3.59. The van der Waals surface area contributed by atoms with Crippen LogP contribution in [0.5, 0.6) is 11.5 Å². The van der Waals surface area contributed by atoms with Crippen LogP contribution in [0.4, 0.5) is 0 Å². The molecule has 2 fully saturated rings. The minimum atomic E-state index is -0.620. The van der Waals surface area contributed by atoms with E-state index in [-0.39, 0.29) is 0 Å². The van der Waals surface area contributed by atoms with E-state index < -0.39 is 5.41 Å². The van der Waals surface area contributed by atoms with Crippen molar-refractivity contribution in [3.63, 3.8) is 0 Å². The Kier molecular flexibility index (Phi) is 6.85. The van der Waals surface area contributed by atoms with Gasteiger partial charge in [0.2, 0.25) is 6.79 Å². The Balaban J connectivity index is 1.13. The van der Waals surface area contributed by atoms with Gasteiger partial charge < -0.3 is 14.0 Å². The highest BCUT2D eigenvalue weighted by atomic mass is 79.9. The van der Waals surface area contributed by atoms with E-state index in [1.54, 1.807) is 0 Å². The van der Waals surface area contributed by atoms with Gasteiger partial charge in [0.1, 0.15) is 12.0 Å². The van der Waals surface area contributed by atoms with Gasteiger partial charge in [0.05, 0.1) is 25.7 Å². The summed E-state index contributed by atoms with van der Waals surface area (Å²) < 4.78 is 13.4. The molecule has 0 spiro atoms. The lowest BCUT2D eigenvalue weighted by Gasteiger charge is -2.38. The van der Waals surface area contributed by atoms with Gasteiger partial charge in [-0.05, 0) is 53.3 Å². The number of likely N-dealkylation sites (tertiary alicyclic amines) is 1. The molecule has 41 heavy (non-hydrogen) atoms. The Bertz CT molecular complexity index is 1510. The minimum absolute atomic E-state index is 0.309. The van der Waals surface area contributed by atoms with Crippen molar-refractivity contribution in [3.05, 3.63) is 130 Å². The number of hydrogen-bond acceptors (Lipinski definition) is 3. The summed E-state index contributed by atoms with van der Waals surface area (Å²) in [7, 11) is 0. The molecular formula is C36H34BrN2O2+. The van der Waals surface area contributed by atoms with Crippen molar-refractivity contribution in [2.24, 2.45) is 17.8 Å². The number of fused-ring (bicyclic) bond motifs is 2. The molecule has 0 aromatic heterocycles. The monoisotopic (exact) mass is 605 g/mol. The molecule has 3 aliphatic rings. The highest BCUT2D eigenvalue weighted by molar-refractivity contribution is 9.10. The maximum Gasteiger partial charge on any atom is 0.231 e. The zero-order valence-corrected chi connectivity index (χ0v) is 24.7. The number of piperidine rings is 1. The first-order valence-corrected chi connectivity index (χ1v) is 15.4. The van der Waals surface area contributed by atoms with Crippen molar-refractivity contribution >= 4 is 15.9 Å². The zero-order valence-electron chi connectivity index (χ0n) is 23.1. The largest absolute Gasteiger partial charge is 0.454 e. The Morgan fingerprint density at radius 2 is 1.39 bits per heavy atom. The molecule has 5 heteroatoms. The van der Waals surface area contributed by atoms with Gasteiger partial charge in [0, 0.05) is 28.3 Å². The van der Waals surface area contributed by atoms with Crippen LogP contribution in [0.2, 0.25) is 0 Å². The number of nitrogens with zero attached hydrogens (tertiary/aromatic N) is 2. The van der Waals surface area contributed by atoms with Crippen LogP contribution in [-0.2, 0) is 18.4 Å². The predicted octanol–water partition coefficient (Wildman–Crippen LogP) is 7.51. The smallest absolute Gasteiger partial charge is 0.231 e. The average Bonchev–Trinajstić information content (AvgIpc) is 3.33. The lowest BCUT2D eigenvalue weighted by atomic mass is 9.71. The molecule has 0 N–H and O–H groups in total. The van der Waals surface area contributed by atoms with Crippen molar-refractivity contribution in [1.29, 1.82) is 5.26 Å². The maximum atomic E-state index is 10.7. The van der Waals surface area contributed by atoms with E-state index in [4.69, 9.17) is 9.47 Å². The van der Waals surface area contributed by atoms with E-state index in [9.17, 15) is 5.26 Å². The summed E-state index contributed by atoms with van der Waals surface area (Å²) in [6, 6.07) is 38.9. The Morgan fingerprint density at radius 3 is 2.02 bits per heavy atom. The fourth-order valence-electron chi connectivity index (χ4n) is 7.54. The van der Waals surface area contributed by atoms with Crippen molar-refractivity contribution in [3.8, 4) is 17.6 Å². The number of ether oxygens (including phenoxy) is 2. The van der Waals surface area contributed by atoms with Gasteiger partial charge in [-0.2, -0.15) is 5.26 Å². The first-order valence-electron chi connectivity index (χ1n) is 14.6. The Labute approximate surface area is 250 Å². The van der Waals surface area contributed by atoms with Crippen LogP contribution in [0.25, 0.3) is 0 Å². The van der Waals surface area contributed by atoms with E-state index >= 15 is 0 Å². The zero-order chi connectivity index (χ0) is 27.9. The summed E-state index contributed by atoms with van der Waals surface area (Å²) in [5.41, 5.74) is 4.29. The van der Waals surface area contributed by atoms with Crippen LogP contribution in [-0.4, -0.2) is 30.9 Å². The third-order valence-electron chi connectivity index (χ3n) is 9.71. The van der Waals surface area contributed by atoms with Gasteiger partial charge in [-0.1, -0.05) is 94.8 Å².